The Balaban J connectivity index is 1.44. The predicted octanol–water partition coefficient (Wildman–Crippen LogP) is 2.07. The minimum Gasteiger partial charge on any atom is -0.496 e. The average Bonchev–Trinajstić information content (AvgIpc) is 2.91. The van der Waals surface area contributed by atoms with Crippen LogP contribution in [-0.2, 0) is 13.0 Å². The van der Waals surface area contributed by atoms with E-state index in [-0.39, 0.29) is 0 Å². The van der Waals surface area contributed by atoms with Gasteiger partial charge in [0.15, 0.2) is 0 Å². The Kier molecular flexibility index (Phi) is 4.63. The van der Waals surface area contributed by atoms with Crippen molar-refractivity contribution in [2.24, 2.45) is 5.92 Å². The van der Waals surface area contributed by atoms with E-state index in [2.05, 4.69) is 38.6 Å². The minimum atomic E-state index is 0.574. The van der Waals surface area contributed by atoms with Gasteiger partial charge in [-0.2, -0.15) is 5.10 Å². The number of ether oxygens (including phenoxy) is 1. The minimum absolute atomic E-state index is 0.574. The van der Waals surface area contributed by atoms with E-state index in [9.17, 15) is 0 Å². The van der Waals surface area contributed by atoms with Crippen LogP contribution in [0.5, 0.6) is 5.75 Å². The molecule has 118 valence electrons. The molecule has 1 aromatic heterocycles. The van der Waals surface area contributed by atoms with E-state index < -0.39 is 0 Å². The van der Waals surface area contributed by atoms with E-state index >= 15 is 0 Å². The molecule has 0 unspecified atom stereocenters. The standard InChI is InChI=1S/C17H24N4O/c1-13-9-17-19-11-14(12-21(17)20-13)10-18-8-7-15-5-3-4-6-16(15)22-2/h3-6,9,14,18-19H,7-8,10-12H2,1-2H3/t14-/m0/s1. The number of hydrogen-bond acceptors (Lipinski definition) is 4. The second kappa shape index (κ2) is 6.83. The largest absolute Gasteiger partial charge is 0.496 e. The number of nitrogens with zero attached hydrogens (tertiary/aromatic N) is 2. The van der Waals surface area contributed by atoms with Crippen LogP contribution < -0.4 is 15.4 Å². The molecule has 2 heterocycles. The van der Waals surface area contributed by atoms with Crippen LogP contribution in [0.2, 0.25) is 0 Å². The topological polar surface area (TPSA) is 51.1 Å². The van der Waals surface area contributed by atoms with E-state index in [0.29, 0.717) is 5.92 Å². The fraction of sp³-hybridized carbons (Fsp3) is 0.471. The van der Waals surface area contributed by atoms with E-state index in [0.717, 1.165) is 49.9 Å². The van der Waals surface area contributed by atoms with E-state index in [4.69, 9.17) is 4.74 Å². The summed E-state index contributed by atoms with van der Waals surface area (Å²) in [7, 11) is 1.73. The summed E-state index contributed by atoms with van der Waals surface area (Å²) >= 11 is 0. The van der Waals surface area contributed by atoms with Crippen LogP contribution >= 0.6 is 0 Å². The van der Waals surface area contributed by atoms with Crippen molar-refractivity contribution in [3.05, 3.63) is 41.6 Å². The first kappa shape index (κ1) is 14.9. The summed E-state index contributed by atoms with van der Waals surface area (Å²) in [4.78, 5) is 0. The van der Waals surface area contributed by atoms with Crippen molar-refractivity contribution < 1.29 is 4.74 Å². The Morgan fingerprint density at radius 1 is 1.41 bits per heavy atom. The van der Waals surface area contributed by atoms with Crippen molar-refractivity contribution in [3.8, 4) is 5.75 Å². The number of fused-ring (bicyclic) bond motifs is 1. The Labute approximate surface area is 131 Å². The van der Waals surface area contributed by atoms with Crippen LogP contribution in [0.4, 0.5) is 5.82 Å². The van der Waals surface area contributed by atoms with Crippen molar-refractivity contribution in [1.29, 1.82) is 0 Å². The maximum Gasteiger partial charge on any atom is 0.124 e. The lowest BCUT2D eigenvalue weighted by atomic mass is 10.1. The molecule has 0 saturated heterocycles. The molecule has 1 aliphatic heterocycles. The van der Waals surface area contributed by atoms with Gasteiger partial charge in [-0.05, 0) is 31.5 Å². The number of benzene rings is 1. The van der Waals surface area contributed by atoms with Crippen molar-refractivity contribution in [3.63, 3.8) is 0 Å². The summed E-state index contributed by atoms with van der Waals surface area (Å²) in [5, 5.41) is 11.5. The molecule has 2 N–H and O–H groups in total. The molecule has 0 bridgehead atoms. The third-order valence-electron chi connectivity index (χ3n) is 4.10. The fourth-order valence-corrected chi connectivity index (χ4v) is 2.96. The van der Waals surface area contributed by atoms with Gasteiger partial charge in [-0.15, -0.1) is 0 Å². The molecule has 0 aliphatic carbocycles. The van der Waals surface area contributed by atoms with Crippen LogP contribution in [0.3, 0.4) is 0 Å². The molecule has 0 radical (unpaired) electrons. The molecule has 22 heavy (non-hydrogen) atoms. The molecule has 0 saturated carbocycles. The maximum atomic E-state index is 5.38. The third-order valence-corrected chi connectivity index (χ3v) is 4.10. The predicted molar refractivity (Wildman–Crippen MR) is 88.5 cm³/mol. The Hall–Kier alpha value is -2.01. The zero-order valence-electron chi connectivity index (χ0n) is 13.3. The van der Waals surface area contributed by atoms with Crippen LogP contribution in [0.25, 0.3) is 0 Å². The summed E-state index contributed by atoms with van der Waals surface area (Å²) in [6.07, 6.45) is 0.982. The quantitative estimate of drug-likeness (QED) is 0.802. The van der Waals surface area contributed by atoms with Crippen molar-refractivity contribution in [1.82, 2.24) is 15.1 Å². The lowest BCUT2D eigenvalue weighted by Crippen LogP contribution is -2.36. The zero-order chi connectivity index (χ0) is 15.4. The number of hydrogen-bond donors (Lipinski definition) is 2. The van der Waals surface area contributed by atoms with Gasteiger partial charge < -0.3 is 15.4 Å². The van der Waals surface area contributed by atoms with Gasteiger partial charge >= 0.3 is 0 Å². The highest BCUT2D eigenvalue weighted by atomic mass is 16.5. The molecular weight excluding hydrogens is 276 g/mol. The number of methoxy groups -OCH3 is 1. The lowest BCUT2D eigenvalue weighted by molar-refractivity contribution is 0.389. The second-order valence-electron chi connectivity index (χ2n) is 5.87. The Bertz CT molecular complexity index is 623. The van der Waals surface area contributed by atoms with Crippen molar-refractivity contribution in [2.75, 3.05) is 32.1 Å². The summed E-state index contributed by atoms with van der Waals surface area (Å²) in [6.45, 7) is 5.99. The van der Waals surface area contributed by atoms with Crippen LogP contribution in [0.15, 0.2) is 30.3 Å². The highest BCUT2D eigenvalue weighted by Gasteiger charge is 2.18. The van der Waals surface area contributed by atoms with E-state index in [1.165, 1.54) is 5.56 Å². The molecule has 2 aromatic rings. The maximum absolute atomic E-state index is 5.38. The second-order valence-corrected chi connectivity index (χ2v) is 5.87. The van der Waals surface area contributed by atoms with Gasteiger partial charge in [-0.25, -0.2) is 4.68 Å². The molecule has 1 aliphatic rings. The molecule has 5 nitrogen and oxygen atoms in total. The molecule has 5 heteroatoms. The fourth-order valence-electron chi connectivity index (χ4n) is 2.96. The Morgan fingerprint density at radius 3 is 3.14 bits per heavy atom. The van der Waals surface area contributed by atoms with Gasteiger partial charge in [-0.3, -0.25) is 0 Å². The number of nitrogens with one attached hydrogen (secondary N) is 2. The summed E-state index contributed by atoms with van der Waals surface area (Å²) in [5.41, 5.74) is 2.33. The molecule has 3 rings (SSSR count). The molecule has 1 atom stereocenters. The number of aryl methyl sites for hydroxylation is 1. The first-order valence-corrected chi connectivity index (χ1v) is 7.87. The number of para-hydroxylation sites is 1. The SMILES string of the molecule is COc1ccccc1CCNC[C@H]1CNc2cc(C)nn2C1. The molecule has 0 spiro atoms. The van der Waals surface area contributed by atoms with Crippen LogP contribution in [0, 0.1) is 12.8 Å². The smallest absolute Gasteiger partial charge is 0.124 e. The molecular formula is C17H24N4O. The first-order valence-electron chi connectivity index (χ1n) is 7.87. The van der Waals surface area contributed by atoms with Crippen molar-refractivity contribution >= 4 is 5.82 Å². The van der Waals surface area contributed by atoms with Gasteiger partial charge in [-0.1, -0.05) is 18.2 Å². The molecule has 0 fully saturated rings. The molecule has 1 aromatic carbocycles. The highest BCUT2D eigenvalue weighted by molar-refractivity contribution is 5.38. The summed E-state index contributed by atoms with van der Waals surface area (Å²) in [6, 6.07) is 10.3. The Morgan fingerprint density at radius 2 is 2.27 bits per heavy atom. The number of aromatic nitrogens is 2. The van der Waals surface area contributed by atoms with Gasteiger partial charge in [0.1, 0.15) is 11.6 Å². The third kappa shape index (κ3) is 3.42. The highest BCUT2D eigenvalue weighted by Crippen LogP contribution is 2.19. The van der Waals surface area contributed by atoms with Crippen LogP contribution in [-0.4, -0.2) is 36.5 Å². The number of rotatable bonds is 6. The lowest BCUT2D eigenvalue weighted by Gasteiger charge is -2.25. The van der Waals surface area contributed by atoms with Gasteiger partial charge in [0.05, 0.1) is 12.8 Å². The van der Waals surface area contributed by atoms with Gasteiger partial charge in [0.2, 0.25) is 0 Å². The normalized spacial score (nSPS) is 16.9. The molecule has 0 amide bonds. The van der Waals surface area contributed by atoms with Crippen LogP contribution in [0.1, 0.15) is 11.3 Å². The number of anilines is 1. The van der Waals surface area contributed by atoms with E-state index in [1.54, 1.807) is 7.11 Å². The van der Waals surface area contributed by atoms with Crippen molar-refractivity contribution in [2.45, 2.75) is 19.9 Å². The summed E-state index contributed by atoms with van der Waals surface area (Å²) < 4.78 is 7.46. The van der Waals surface area contributed by atoms with Gasteiger partial charge in [0.25, 0.3) is 0 Å². The monoisotopic (exact) mass is 300 g/mol. The average molecular weight is 300 g/mol. The van der Waals surface area contributed by atoms with E-state index in [1.807, 2.05) is 19.1 Å². The van der Waals surface area contributed by atoms with Gasteiger partial charge in [0, 0.05) is 31.6 Å². The summed E-state index contributed by atoms with van der Waals surface area (Å²) in [5.74, 6) is 2.69. The first-order chi connectivity index (χ1) is 10.8. The zero-order valence-corrected chi connectivity index (χ0v) is 13.3.